The summed E-state index contributed by atoms with van der Waals surface area (Å²) in [6.07, 6.45) is 3.15. The first kappa shape index (κ1) is 11.1. The zero-order chi connectivity index (χ0) is 10.6. The van der Waals surface area contributed by atoms with Crippen molar-refractivity contribution in [1.82, 2.24) is 0 Å². The fraction of sp³-hybridized carbons (Fsp3) is 0.308. The van der Waals surface area contributed by atoms with Crippen LogP contribution in [0, 0.1) is 0 Å². The van der Waals surface area contributed by atoms with Gasteiger partial charge >= 0.3 is 0 Å². The largest absolute Gasteiger partial charge is 0.0884 e. The molecule has 74 valence electrons. The summed E-state index contributed by atoms with van der Waals surface area (Å²) >= 11 is 5.22. The molecule has 0 saturated carbocycles. The molecule has 1 aromatic rings. The highest BCUT2D eigenvalue weighted by atomic mass is 32.1. The molecule has 14 heavy (non-hydrogen) atoms. The minimum Gasteiger partial charge on any atom is -0.0884 e. The molecule has 0 spiro atoms. The third-order valence-corrected chi connectivity index (χ3v) is 2.58. The van der Waals surface area contributed by atoms with Crippen molar-refractivity contribution in [2.24, 2.45) is 0 Å². The van der Waals surface area contributed by atoms with Crippen molar-refractivity contribution >= 4 is 17.1 Å². The van der Waals surface area contributed by atoms with Crippen LogP contribution in [0.5, 0.6) is 0 Å². The van der Waals surface area contributed by atoms with Crippen LogP contribution in [-0.4, -0.2) is 4.86 Å². The lowest BCUT2D eigenvalue weighted by Gasteiger charge is -2.07. The fourth-order valence-electron chi connectivity index (χ4n) is 1.42. The quantitative estimate of drug-likeness (QED) is 0.408. The number of hydrogen-bond donors (Lipinski definition) is 0. The average molecular weight is 204 g/mol. The maximum Gasteiger partial charge on any atom is 0.0196 e. The number of rotatable bonds is 3. The van der Waals surface area contributed by atoms with Gasteiger partial charge < -0.3 is 0 Å². The van der Waals surface area contributed by atoms with E-state index in [1.165, 1.54) is 16.7 Å². The van der Waals surface area contributed by atoms with Crippen LogP contribution in [0.4, 0.5) is 0 Å². The molecule has 0 unspecified atom stereocenters. The Morgan fingerprint density at radius 2 is 1.93 bits per heavy atom. The van der Waals surface area contributed by atoms with Crippen LogP contribution in [0.15, 0.2) is 35.9 Å². The predicted molar refractivity (Wildman–Crippen MR) is 67.0 cm³/mol. The van der Waals surface area contributed by atoms with Crippen LogP contribution in [-0.2, 0) is 6.42 Å². The van der Waals surface area contributed by atoms with Crippen molar-refractivity contribution < 1.29 is 0 Å². The van der Waals surface area contributed by atoms with Gasteiger partial charge in [0, 0.05) is 4.86 Å². The second-order valence-electron chi connectivity index (χ2n) is 3.53. The van der Waals surface area contributed by atoms with Crippen LogP contribution in [0.3, 0.4) is 0 Å². The van der Waals surface area contributed by atoms with Gasteiger partial charge in [0.05, 0.1) is 0 Å². The number of hydrogen-bond acceptors (Lipinski definition) is 1. The SMILES string of the molecule is C/C=C(\C)Cc1ccccc1C(C)=S. The van der Waals surface area contributed by atoms with Gasteiger partial charge in [-0.15, -0.1) is 0 Å². The Balaban J connectivity index is 3.02. The van der Waals surface area contributed by atoms with Gasteiger partial charge in [-0.25, -0.2) is 0 Å². The van der Waals surface area contributed by atoms with Gasteiger partial charge in [0.1, 0.15) is 0 Å². The lowest BCUT2D eigenvalue weighted by Crippen LogP contribution is -1.98. The summed E-state index contributed by atoms with van der Waals surface area (Å²) in [6.45, 7) is 6.21. The molecule has 0 aliphatic carbocycles. The zero-order valence-electron chi connectivity index (χ0n) is 9.00. The molecule has 0 bridgehead atoms. The van der Waals surface area contributed by atoms with Gasteiger partial charge in [-0.3, -0.25) is 0 Å². The lowest BCUT2D eigenvalue weighted by molar-refractivity contribution is 1.13. The van der Waals surface area contributed by atoms with Crippen LogP contribution >= 0.6 is 12.2 Å². The molecule has 1 rings (SSSR count). The topological polar surface area (TPSA) is 0 Å². The molecule has 0 atom stereocenters. The number of thiocarbonyl (C=S) groups is 1. The summed E-state index contributed by atoms with van der Waals surface area (Å²) in [5.74, 6) is 0. The Labute approximate surface area is 91.7 Å². The molecule has 0 aliphatic heterocycles. The molecule has 0 aromatic heterocycles. The van der Waals surface area contributed by atoms with Crippen LogP contribution in [0.2, 0.25) is 0 Å². The molecule has 0 radical (unpaired) electrons. The summed E-state index contributed by atoms with van der Waals surface area (Å²) in [5, 5.41) is 0. The van der Waals surface area contributed by atoms with E-state index in [1.807, 2.05) is 13.0 Å². The predicted octanol–water partition coefficient (Wildman–Crippen LogP) is 3.93. The lowest BCUT2D eigenvalue weighted by atomic mass is 9.99. The van der Waals surface area contributed by atoms with Gasteiger partial charge in [-0.2, -0.15) is 0 Å². The third kappa shape index (κ3) is 2.78. The summed E-state index contributed by atoms with van der Waals surface area (Å²) in [6, 6.07) is 8.36. The molecule has 0 N–H and O–H groups in total. The first-order valence-corrected chi connectivity index (χ1v) is 5.26. The molecule has 0 heterocycles. The van der Waals surface area contributed by atoms with E-state index in [2.05, 4.69) is 38.1 Å². The van der Waals surface area contributed by atoms with E-state index in [0.29, 0.717) is 0 Å². The molecule has 0 amide bonds. The van der Waals surface area contributed by atoms with E-state index in [1.54, 1.807) is 0 Å². The Morgan fingerprint density at radius 1 is 1.29 bits per heavy atom. The van der Waals surface area contributed by atoms with Crippen molar-refractivity contribution in [3.8, 4) is 0 Å². The maximum absolute atomic E-state index is 5.22. The van der Waals surface area contributed by atoms with E-state index in [0.717, 1.165) is 11.3 Å². The van der Waals surface area contributed by atoms with Gasteiger partial charge in [0.2, 0.25) is 0 Å². The van der Waals surface area contributed by atoms with Gasteiger partial charge in [-0.05, 0) is 38.3 Å². The van der Waals surface area contributed by atoms with Crippen molar-refractivity contribution in [2.75, 3.05) is 0 Å². The molecular weight excluding hydrogens is 188 g/mol. The molecule has 0 aliphatic rings. The third-order valence-electron chi connectivity index (χ3n) is 2.36. The highest BCUT2D eigenvalue weighted by Gasteiger charge is 2.03. The highest BCUT2D eigenvalue weighted by molar-refractivity contribution is 7.80. The van der Waals surface area contributed by atoms with E-state index < -0.39 is 0 Å². The molecule has 1 heteroatoms. The standard InChI is InChI=1S/C13H16S/c1-4-10(2)9-12-7-5-6-8-13(12)11(3)14/h4-8H,9H2,1-3H3/b10-4+. The van der Waals surface area contributed by atoms with Gasteiger partial charge in [0.15, 0.2) is 0 Å². The Morgan fingerprint density at radius 3 is 2.50 bits per heavy atom. The normalized spacial score (nSPS) is 11.5. The second kappa shape index (κ2) is 5.06. The van der Waals surface area contributed by atoms with Crippen molar-refractivity contribution in [3.05, 3.63) is 47.0 Å². The molecule has 0 fully saturated rings. The average Bonchev–Trinajstić information content (AvgIpc) is 2.18. The number of allylic oxidation sites excluding steroid dienone is 2. The highest BCUT2D eigenvalue weighted by Crippen LogP contribution is 2.14. The van der Waals surface area contributed by atoms with Crippen molar-refractivity contribution in [1.29, 1.82) is 0 Å². The van der Waals surface area contributed by atoms with Crippen molar-refractivity contribution in [2.45, 2.75) is 27.2 Å². The number of benzene rings is 1. The Bertz CT molecular complexity index is 361. The minimum absolute atomic E-state index is 0.976. The Hall–Kier alpha value is -0.950. The molecule has 0 saturated heterocycles. The van der Waals surface area contributed by atoms with Gasteiger partial charge in [-0.1, -0.05) is 48.1 Å². The zero-order valence-corrected chi connectivity index (χ0v) is 9.82. The van der Waals surface area contributed by atoms with Crippen LogP contribution in [0.1, 0.15) is 31.9 Å². The fourth-order valence-corrected chi connectivity index (χ4v) is 1.62. The van der Waals surface area contributed by atoms with Gasteiger partial charge in [0.25, 0.3) is 0 Å². The van der Waals surface area contributed by atoms with E-state index in [-0.39, 0.29) is 0 Å². The first-order chi connectivity index (χ1) is 6.65. The summed E-state index contributed by atoms with van der Waals surface area (Å²) in [7, 11) is 0. The molecule has 0 nitrogen and oxygen atoms in total. The minimum atomic E-state index is 0.976. The van der Waals surface area contributed by atoms with Crippen molar-refractivity contribution in [3.63, 3.8) is 0 Å². The first-order valence-electron chi connectivity index (χ1n) is 4.85. The summed E-state index contributed by atoms with van der Waals surface area (Å²) in [5.41, 5.74) is 3.92. The van der Waals surface area contributed by atoms with E-state index >= 15 is 0 Å². The smallest absolute Gasteiger partial charge is 0.0196 e. The summed E-state index contributed by atoms with van der Waals surface area (Å²) in [4.78, 5) is 0.976. The summed E-state index contributed by atoms with van der Waals surface area (Å²) < 4.78 is 0. The van der Waals surface area contributed by atoms with Crippen LogP contribution < -0.4 is 0 Å². The molecule has 1 aromatic carbocycles. The van der Waals surface area contributed by atoms with Crippen LogP contribution in [0.25, 0.3) is 0 Å². The Kier molecular flexibility index (Phi) is 4.02. The molecular formula is C13H16S. The monoisotopic (exact) mass is 204 g/mol. The second-order valence-corrected chi connectivity index (χ2v) is 4.14. The maximum atomic E-state index is 5.22. The van der Waals surface area contributed by atoms with E-state index in [9.17, 15) is 0 Å². The van der Waals surface area contributed by atoms with E-state index in [4.69, 9.17) is 12.2 Å².